The lowest BCUT2D eigenvalue weighted by Crippen LogP contribution is -2.56. The fourth-order valence-electron chi connectivity index (χ4n) is 5.51. The summed E-state index contributed by atoms with van der Waals surface area (Å²) < 4.78 is 12.5. The standard InChI is InChI=1S/C29H44N6O4/c1-21(2)20-34(25-17-23(18-30-19-25)28(36)33-11-14-39-15-12-33)29(37)27-26(10-5-6-13-38-4)35(32-31-27)24-9-7-8-22(3)16-24/h7-9,16,21,23,25,30H,5-6,10-15,17-20H2,1-4H3/t23-,25+/m1/s1. The van der Waals surface area contributed by atoms with Crippen molar-refractivity contribution in [1.82, 2.24) is 30.1 Å². The number of aromatic nitrogens is 3. The number of aryl methyl sites for hydroxylation is 1. The molecule has 0 unspecified atom stereocenters. The van der Waals surface area contributed by atoms with Crippen molar-refractivity contribution >= 4 is 11.8 Å². The van der Waals surface area contributed by atoms with Gasteiger partial charge in [-0.25, -0.2) is 4.68 Å². The molecule has 1 aromatic heterocycles. The van der Waals surface area contributed by atoms with Gasteiger partial charge in [0, 0.05) is 52.5 Å². The fourth-order valence-corrected chi connectivity index (χ4v) is 5.51. The third kappa shape index (κ3) is 7.43. The van der Waals surface area contributed by atoms with E-state index in [1.54, 1.807) is 7.11 Å². The quantitative estimate of drug-likeness (QED) is 0.437. The highest BCUT2D eigenvalue weighted by Gasteiger charge is 2.37. The van der Waals surface area contributed by atoms with E-state index in [0.29, 0.717) is 71.1 Å². The molecule has 2 amide bonds. The van der Waals surface area contributed by atoms with Crippen LogP contribution >= 0.6 is 0 Å². The topological polar surface area (TPSA) is 102 Å². The second-order valence-electron chi connectivity index (χ2n) is 11.1. The maximum Gasteiger partial charge on any atom is 0.276 e. The van der Waals surface area contributed by atoms with E-state index >= 15 is 0 Å². The molecule has 0 bridgehead atoms. The molecule has 0 aliphatic carbocycles. The molecule has 214 valence electrons. The highest BCUT2D eigenvalue weighted by Crippen LogP contribution is 2.24. The van der Waals surface area contributed by atoms with Gasteiger partial charge in [0.2, 0.25) is 5.91 Å². The number of hydrogen-bond acceptors (Lipinski definition) is 7. The zero-order chi connectivity index (χ0) is 27.8. The van der Waals surface area contributed by atoms with E-state index in [1.165, 1.54) is 0 Å². The van der Waals surface area contributed by atoms with Gasteiger partial charge in [0.05, 0.1) is 30.5 Å². The monoisotopic (exact) mass is 540 g/mol. The zero-order valence-electron chi connectivity index (χ0n) is 23.9. The lowest BCUT2D eigenvalue weighted by molar-refractivity contribution is -0.140. The van der Waals surface area contributed by atoms with Crippen molar-refractivity contribution < 1.29 is 19.1 Å². The largest absolute Gasteiger partial charge is 0.385 e. The molecule has 2 aliphatic rings. The van der Waals surface area contributed by atoms with Gasteiger partial charge in [-0.2, -0.15) is 0 Å². The SMILES string of the molecule is COCCCCc1c(C(=O)N(CC(C)C)[C@@H]2CNC[C@H](C(=O)N3CCOCC3)C2)nnn1-c1cccc(C)c1. The summed E-state index contributed by atoms with van der Waals surface area (Å²) in [6.07, 6.45) is 3.05. The first-order valence-corrected chi connectivity index (χ1v) is 14.3. The number of unbranched alkanes of at least 4 members (excludes halogenated alkanes) is 1. The average Bonchev–Trinajstić information content (AvgIpc) is 3.37. The lowest BCUT2D eigenvalue weighted by atomic mass is 9.92. The molecule has 2 aromatic rings. The van der Waals surface area contributed by atoms with Gasteiger partial charge in [0.25, 0.3) is 5.91 Å². The third-order valence-corrected chi connectivity index (χ3v) is 7.49. The Morgan fingerprint density at radius 2 is 2.00 bits per heavy atom. The number of hydrogen-bond donors (Lipinski definition) is 1. The van der Waals surface area contributed by atoms with Crippen LogP contribution in [0.4, 0.5) is 0 Å². The van der Waals surface area contributed by atoms with E-state index in [9.17, 15) is 9.59 Å². The van der Waals surface area contributed by atoms with E-state index in [4.69, 9.17) is 9.47 Å². The van der Waals surface area contributed by atoms with Gasteiger partial charge in [0.1, 0.15) is 0 Å². The summed E-state index contributed by atoms with van der Waals surface area (Å²) in [5.41, 5.74) is 3.23. The first-order chi connectivity index (χ1) is 18.9. The highest BCUT2D eigenvalue weighted by molar-refractivity contribution is 5.94. The minimum atomic E-state index is -0.166. The smallest absolute Gasteiger partial charge is 0.276 e. The van der Waals surface area contributed by atoms with Crippen molar-refractivity contribution in [2.75, 3.05) is 59.7 Å². The molecule has 2 atom stereocenters. The van der Waals surface area contributed by atoms with Gasteiger partial charge in [-0.05, 0) is 56.2 Å². The van der Waals surface area contributed by atoms with Gasteiger partial charge in [-0.1, -0.05) is 31.2 Å². The van der Waals surface area contributed by atoms with Gasteiger partial charge >= 0.3 is 0 Å². The minimum absolute atomic E-state index is 0.103. The molecule has 0 saturated carbocycles. The van der Waals surface area contributed by atoms with E-state index in [1.807, 2.05) is 39.6 Å². The molecule has 39 heavy (non-hydrogen) atoms. The number of amides is 2. The molecular formula is C29H44N6O4. The Kier molecular flexibility index (Phi) is 10.5. The average molecular weight is 541 g/mol. The van der Waals surface area contributed by atoms with Crippen LogP contribution in [0.1, 0.15) is 54.9 Å². The molecule has 3 heterocycles. The van der Waals surface area contributed by atoms with Crippen LogP contribution in [0.2, 0.25) is 0 Å². The maximum atomic E-state index is 14.2. The summed E-state index contributed by atoms with van der Waals surface area (Å²) in [6, 6.07) is 7.98. The Morgan fingerprint density at radius 1 is 1.21 bits per heavy atom. The van der Waals surface area contributed by atoms with Crippen molar-refractivity contribution in [3.63, 3.8) is 0 Å². The summed E-state index contributed by atoms with van der Waals surface area (Å²) in [7, 11) is 1.70. The van der Waals surface area contributed by atoms with Crippen LogP contribution in [-0.4, -0.2) is 102 Å². The molecular weight excluding hydrogens is 496 g/mol. The summed E-state index contributed by atoms with van der Waals surface area (Å²) in [5.74, 6) is 0.134. The summed E-state index contributed by atoms with van der Waals surface area (Å²) >= 11 is 0. The number of morpholine rings is 1. The molecule has 4 rings (SSSR count). The van der Waals surface area contributed by atoms with E-state index < -0.39 is 0 Å². The number of methoxy groups -OCH3 is 1. The predicted molar refractivity (Wildman–Crippen MR) is 149 cm³/mol. The summed E-state index contributed by atoms with van der Waals surface area (Å²) in [4.78, 5) is 31.3. The number of nitrogens with one attached hydrogen (secondary N) is 1. The normalized spacial score (nSPS) is 19.9. The first-order valence-electron chi connectivity index (χ1n) is 14.3. The Hall–Kier alpha value is -2.82. The molecule has 2 fully saturated rings. The van der Waals surface area contributed by atoms with Crippen molar-refractivity contribution in [3.8, 4) is 5.69 Å². The van der Waals surface area contributed by atoms with E-state index in [0.717, 1.165) is 29.8 Å². The number of piperidine rings is 1. The van der Waals surface area contributed by atoms with Crippen LogP contribution in [0.25, 0.3) is 5.69 Å². The molecule has 1 N–H and O–H groups in total. The van der Waals surface area contributed by atoms with Crippen molar-refractivity contribution in [1.29, 1.82) is 0 Å². The van der Waals surface area contributed by atoms with Gasteiger partial charge in [0.15, 0.2) is 5.69 Å². The number of ether oxygens (including phenoxy) is 2. The molecule has 0 radical (unpaired) electrons. The van der Waals surface area contributed by atoms with Crippen molar-refractivity contribution in [2.24, 2.45) is 11.8 Å². The number of nitrogens with zero attached hydrogens (tertiary/aromatic N) is 5. The van der Waals surface area contributed by atoms with Crippen LogP contribution in [0.3, 0.4) is 0 Å². The molecule has 0 spiro atoms. The second-order valence-corrected chi connectivity index (χ2v) is 11.1. The Labute approximate surface area is 232 Å². The predicted octanol–water partition coefficient (Wildman–Crippen LogP) is 2.48. The Balaban J connectivity index is 1.59. The number of carbonyl (C=O) groups excluding carboxylic acids is 2. The minimum Gasteiger partial charge on any atom is -0.385 e. The van der Waals surface area contributed by atoms with Gasteiger partial charge < -0.3 is 24.6 Å². The molecule has 1 aromatic carbocycles. The van der Waals surface area contributed by atoms with Crippen LogP contribution < -0.4 is 5.32 Å². The van der Waals surface area contributed by atoms with Crippen LogP contribution in [0.5, 0.6) is 0 Å². The zero-order valence-corrected chi connectivity index (χ0v) is 23.9. The Bertz CT molecular complexity index is 1100. The molecule has 2 aliphatic heterocycles. The van der Waals surface area contributed by atoms with Crippen LogP contribution in [-0.2, 0) is 20.7 Å². The first kappa shape index (κ1) is 29.2. The van der Waals surface area contributed by atoms with E-state index in [-0.39, 0.29) is 29.7 Å². The lowest BCUT2D eigenvalue weighted by Gasteiger charge is -2.40. The fraction of sp³-hybridized carbons (Fsp3) is 0.655. The Morgan fingerprint density at radius 3 is 2.72 bits per heavy atom. The second kappa shape index (κ2) is 14.0. The van der Waals surface area contributed by atoms with E-state index in [2.05, 4.69) is 35.5 Å². The van der Waals surface area contributed by atoms with Crippen LogP contribution in [0, 0.1) is 18.8 Å². The number of rotatable bonds is 11. The third-order valence-electron chi connectivity index (χ3n) is 7.49. The number of carbonyl (C=O) groups is 2. The van der Waals surface area contributed by atoms with Gasteiger partial charge in [-0.15, -0.1) is 5.10 Å². The van der Waals surface area contributed by atoms with Crippen molar-refractivity contribution in [2.45, 2.75) is 52.5 Å². The summed E-state index contributed by atoms with van der Waals surface area (Å²) in [5, 5.41) is 12.3. The summed E-state index contributed by atoms with van der Waals surface area (Å²) in [6.45, 7) is 11.2. The number of benzene rings is 1. The molecule has 10 nitrogen and oxygen atoms in total. The molecule has 10 heteroatoms. The maximum absolute atomic E-state index is 14.2. The van der Waals surface area contributed by atoms with Crippen LogP contribution in [0.15, 0.2) is 24.3 Å². The highest BCUT2D eigenvalue weighted by atomic mass is 16.5. The van der Waals surface area contributed by atoms with Crippen molar-refractivity contribution in [3.05, 3.63) is 41.2 Å². The molecule has 2 saturated heterocycles. The van der Waals surface area contributed by atoms with Gasteiger partial charge in [-0.3, -0.25) is 9.59 Å².